The van der Waals surface area contributed by atoms with Crippen LogP contribution < -0.4 is 0 Å². The fraction of sp³-hybridized carbons (Fsp3) is 0.500. The Morgan fingerprint density at radius 1 is 1.20 bits per heavy atom. The molecule has 1 aromatic carbocycles. The molecule has 0 aliphatic carbocycles. The minimum atomic E-state index is 0.266. The first-order chi connectivity index (χ1) is 6.93. The van der Waals surface area contributed by atoms with Gasteiger partial charge in [-0.25, -0.2) is 0 Å². The lowest BCUT2D eigenvalue weighted by Crippen LogP contribution is -2.05. The van der Waals surface area contributed by atoms with Crippen LogP contribution in [0.4, 0.5) is 0 Å². The van der Waals surface area contributed by atoms with E-state index in [4.69, 9.17) is 0 Å². The van der Waals surface area contributed by atoms with Gasteiger partial charge in [0.25, 0.3) is 0 Å². The van der Waals surface area contributed by atoms with Crippen LogP contribution in [0.5, 0.6) is 0 Å². The van der Waals surface area contributed by atoms with Gasteiger partial charge in [0.1, 0.15) is 5.78 Å². The molecule has 82 valence electrons. The predicted molar refractivity (Wildman–Crippen MR) is 64.4 cm³/mol. The van der Waals surface area contributed by atoms with E-state index in [9.17, 15) is 4.79 Å². The number of benzene rings is 1. The van der Waals surface area contributed by atoms with Crippen molar-refractivity contribution in [3.8, 4) is 0 Å². The molecule has 0 saturated heterocycles. The summed E-state index contributed by atoms with van der Waals surface area (Å²) in [6, 6.07) is 4.29. The van der Waals surface area contributed by atoms with E-state index in [0.29, 0.717) is 12.3 Å². The van der Waals surface area contributed by atoms with Crippen LogP contribution >= 0.6 is 0 Å². The quantitative estimate of drug-likeness (QED) is 0.733. The van der Waals surface area contributed by atoms with Gasteiger partial charge in [0.2, 0.25) is 0 Å². The molecular formula is C14H20O. The summed E-state index contributed by atoms with van der Waals surface area (Å²) >= 11 is 0. The van der Waals surface area contributed by atoms with Crippen molar-refractivity contribution in [2.75, 3.05) is 0 Å². The third-order valence-electron chi connectivity index (χ3n) is 3.09. The Balaban J connectivity index is 3.12. The van der Waals surface area contributed by atoms with Crippen LogP contribution in [0.15, 0.2) is 12.1 Å². The fourth-order valence-corrected chi connectivity index (χ4v) is 2.26. The van der Waals surface area contributed by atoms with Crippen molar-refractivity contribution in [1.82, 2.24) is 0 Å². The van der Waals surface area contributed by atoms with Crippen molar-refractivity contribution in [3.05, 3.63) is 34.4 Å². The summed E-state index contributed by atoms with van der Waals surface area (Å²) in [7, 11) is 0. The van der Waals surface area contributed by atoms with Gasteiger partial charge in [-0.15, -0.1) is 0 Å². The SMILES string of the molecule is CC(=O)CC(C)c1c(C)ccc(C)c1C. The lowest BCUT2D eigenvalue weighted by molar-refractivity contribution is -0.117. The molecule has 1 atom stereocenters. The zero-order chi connectivity index (χ0) is 11.6. The Labute approximate surface area is 92.5 Å². The minimum absolute atomic E-state index is 0.266. The van der Waals surface area contributed by atoms with Gasteiger partial charge in [-0.3, -0.25) is 0 Å². The summed E-state index contributed by atoms with van der Waals surface area (Å²) < 4.78 is 0. The van der Waals surface area contributed by atoms with Crippen LogP contribution in [0.25, 0.3) is 0 Å². The van der Waals surface area contributed by atoms with Crippen LogP contribution in [0.3, 0.4) is 0 Å². The monoisotopic (exact) mass is 204 g/mol. The van der Waals surface area contributed by atoms with Gasteiger partial charge in [0.05, 0.1) is 0 Å². The number of rotatable bonds is 3. The number of hydrogen-bond donors (Lipinski definition) is 0. The number of hydrogen-bond acceptors (Lipinski definition) is 1. The molecule has 0 amide bonds. The van der Waals surface area contributed by atoms with Crippen molar-refractivity contribution >= 4 is 5.78 Å². The Bertz CT molecular complexity index is 377. The summed E-state index contributed by atoms with van der Waals surface area (Å²) in [6.07, 6.45) is 0.644. The van der Waals surface area contributed by atoms with Crippen molar-refractivity contribution in [2.45, 2.75) is 47.0 Å². The molecule has 0 bridgehead atoms. The van der Waals surface area contributed by atoms with Gasteiger partial charge in [0, 0.05) is 6.42 Å². The smallest absolute Gasteiger partial charge is 0.130 e. The molecule has 1 rings (SSSR count). The molecule has 0 aliphatic rings. The van der Waals surface area contributed by atoms with Crippen molar-refractivity contribution in [2.24, 2.45) is 0 Å². The van der Waals surface area contributed by atoms with E-state index in [0.717, 1.165) is 0 Å². The molecule has 0 saturated carbocycles. The maximum atomic E-state index is 11.1. The molecule has 15 heavy (non-hydrogen) atoms. The number of carbonyl (C=O) groups is 1. The molecule has 0 aromatic heterocycles. The van der Waals surface area contributed by atoms with E-state index in [1.165, 1.54) is 22.3 Å². The maximum Gasteiger partial charge on any atom is 0.130 e. The Kier molecular flexibility index (Phi) is 3.67. The largest absolute Gasteiger partial charge is 0.300 e. The van der Waals surface area contributed by atoms with Crippen molar-refractivity contribution in [3.63, 3.8) is 0 Å². The number of Topliss-reactive ketones (excluding diaryl/α,β-unsaturated/α-hetero) is 1. The first-order valence-corrected chi connectivity index (χ1v) is 5.49. The van der Waals surface area contributed by atoms with E-state index in [1.807, 2.05) is 0 Å². The lowest BCUT2D eigenvalue weighted by atomic mass is 9.87. The van der Waals surface area contributed by atoms with E-state index in [1.54, 1.807) is 6.92 Å². The minimum Gasteiger partial charge on any atom is -0.300 e. The highest BCUT2D eigenvalue weighted by Gasteiger charge is 2.14. The van der Waals surface area contributed by atoms with Crippen LogP contribution in [0.1, 0.15) is 48.4 Å². The van der Waals surface area contributed by atoms with Crippen LogP contribution in [-0.4, -0.2) is 5.78 Å². The highest BCUT2D eigenvalue weighted by atomic mass is 16.1. The Morgan fingerprint density at radius 2 is 1.73 bits per heavy atom. The molecule has 0 heterocycles. The van der Waals surface area contributed by atoms with Gasteiger partial charge >= 0.3 is 0 Å². The fourth-order valence-electron chi connectivity index (χ4n) is 2.26. The highest BCUT2D eigenvalue weighted by Crippen LogP contribution is 2.28. The second kappa shape index (κ2) is 4.61. The van der Waals surface area contributed by atoms with E-state index in [-0.39, 0.29) is 5.78 Å². The average molecular weight is 204 g/mol. The Hall–Kier alpha value is -1.11. The normalized spacial score (nSPS) is 12.6. The van der Waals surface area contributed by atoms with E-state index < -0.39 is 0 Å². The van der Waals surface area contributed by atoms with Crippen LogP contribution in [0.2, 0.25) is 0 Å². The van der Waals surface area contributed by atoms with Gasteiger partial charge < -0.3 is 4.79 Å². The summed E-state index contributed by atoms with van der Waals surface area (Å²) in [5, 5.41) is 0. The zero-order valence-electron chi connectivity index (χ0n) is 10.3. The van der Waals surface area contributed by atoms with Crippen LogP contribution in [0, 0.1) is 20.8 Å². The molecule has 0 fully saturated rings. The molecular weight excluding hydrogens is 184 g/mol. The second-order valence-electron chi connectivity index (χ2n) is 4.55. The van der Waals surface area contributed by atoms with E-state index in [2.05, 4.69) is 39.8 Å². The molecule has 0 N–H and O–H groups in total. The zero-order valence-corrected chi connectivity index (χ0v) is 10.3. The standard InChI is InChI=1S/C14H20O/c1-9-6-7-10(2)14(13(9)5)11(3)8-12(4)15/h6-7,11H,8H2,1-5H3. The molecule has 0 radical (unpaired) electrons. The van der Waals surface area contributed by atoms with Crippen molar-refractivity contribution < 1.29 is 4.79 Å². The average Bonchev–Trinajstić information content (AvgIpc) is 2.11. The third kappa shape index (κ3) is 2.68. The van der Waals surface area contributed by atoms with Crippen LogP contribution in [-0.2, 0) is 4.79 Å². The summed E-state index contributed by atoms with van der Waals surface area (Å²) in [5.41, 5.74) is 5.30. The van der Waals surface area contributed by atoms with E-state index >= 15 is 0 Å². The molecule has 0 aliphatic heterocycles. The highest BCUT2D eigenvalue weighted by molar-refractivity contribution is 5.76. The van der Waals surface area contributed by atoms with Crippen molar-refractivity contribution in [1.29, 1.82) is 0 Å². The Morgan fingerprint density at radius 3 is 2.27 bits per heavy atom. The molecule has 1 nitrogen and oxygen atoms in total. The van der Waals surface area contributed by atoms with Gasteiger partial charge in [-0.2, -0.15) is 0 Å². The third-order valence-corrected chi connectivity index (χ3v) is 3.09. The summed E-state index contributed by atoms with van der Waals surface area (Å²) in [5.74, 6) is 0.602. The number of aryl methyl sites for hydroxylation is 2. The second-order valence-corrected chi connectivity index (χ2v) is 4.55. The lowest BCUT2D eigenvalue weighted by Gasteiger charge is -2.18. The molecule has 1 aromatic rings. The molecule has 0 spiro atoms. The number of carbonyl (C=O) groups excluding carboxylic acids is 1. The number of ketones is 1. The van der Waals surface area contributed by atoms with Gasteiger partial charge in [-0.05, 0) is 55.9 Å². The van der Waals surface area contributed by atoms with Gasteiger partial charge in [-0.1, -0.05) is 19.1 Å². The predicted octanol–water partition coefficient (Wildman–Crippen LogP) is 3.69. The summed E-state index contributed by atoms with van der Waals surface area (Å²) in [4.78, 5) is 11.1. The summed E-state index contributed by atoms with van der Waals surface area (Å²) in [6.45, 7) is 10.2. The van der Waals surface area contributed by atoms with Gasteiger partial charge in [0.15, 0.2) is 0 Å². The molecule has 1 heteroatoms. The topological polar surface area (TPSA) is 17.1 Å². The first kappa shape index (κ1) is 12.0. The first-order valence-electron chi connectivity index (χ1n) is 5.49. The molecule has 1 unspecified atom stereocenters. The maximum absolute atomic E-state index is 11.1.